The van der Waals surface area contributed by atoms with E-state index in [4.69, 9.17) is 5.11 Å². The Labute approximate surface area is 119 Å². The Balaban J connectivity index is 2.66. The first-order chi connectivity index (χ1) is 9.38. The van der Waals surface area contributed by atoms with Gasteiger partial charge in [0.2, 0.25) is 5.91 Å². The van der Waals surface area contributed by atoms with Crippen molar-refractivity contribution in [2.45, 2.75) is 13.3 Å². The second kappa shape index (κ2) is 7.65. The van der Waals surface area contributed by atoms with Crippen molar-refractivity contribution in [3.05, 3.63) is 35.4 Å². The average molecular weight is 278 g/mol. The highest BCUT2D eigenvalue weighted by Crippen LogP contribution is 2.06. The summed E-state index contributed by atoms with van der Waals surface area (Å²) in [4.78, 5) is 26.4. The molecular formula is C15H22N2O3. The molecule has 20 heavy (non-hydrogen) atoms. The summed E-state index contributed by atoms with van der Waals surface area (Å²) in [5.74, 6) is -1.14. The number of carbonyl (C=O) groups is 2. The molecule has 0 spiro atoms. The van der Waals surface area contributed by atoms with Gasteiger partial charge in [0.15, 0.2) is 0 Å². The van der Waals surface area contributed by atoms with Crippen molar-refractivity contribution in [3.8, 4) is 0 Å². The number of hydrogen-bond donors (Lipinski definition) is 1. The molecule has 0 saturated heterocycles. The van der Waals surface area contributed by atoms with Crippen LogP contribution in [0.1, 0.15) is 11.1 Å². The molecule has 0 fully saturated rings. The van der Waals surface area contributed by atoms with E-state index in [2.05, 4.69) is 0 Å². The van der Waals surface area contributed by atoms with E-state index < -0.39 is 5.97 Å². The predicted molar refractivity (Wildman–Crippen MR) is 77.7 cm³/mol. The minimum atomic E-state index is -0.985. The van der Waals surface area contributed by atoms with Crippen LogP contribution in [0.5, 0.6) is 0 Å². The van der Waals surface area contributed by atoms with Gasteiger partial charge in [-0.3, -0.25) is 9.59 Å². The highest BCUT2D eigenvalue weighted by molar-refractivity contribution is 5.83. The van der Waals surface area contributed by atoms with Crippen LogP contribution in [0.25, 0.3) is 0 Å². The van der Waals surface area contributed by atoms with Crippen molar-refractivity contribution in [1.82, 2.24) is 9.80 Å². The SMILES string of the molecule is Cc1ccc(CC(=O)N(CCN(C)C)CC(=O)O)cc1. The third-order valence-electron chi connectivity index (χ3n) is 2.97. The van der Waals surface area contributed by atoms with Gasteiger partial charge < -0.3 is 14.9 Å². The number of aliphatic carboxylic acids is 1. The van der Waals surface area contributed by atoms with Gasteiger partial charge in [0.05, 0.1) is 6.42 Å². The fourth-order valence-electron chi connectivity index (χ4n) is 1.77. The fourth-order valence-corrected chi connectivity index (χ4v) is 1.77. The number of hydrogen-bond acceptors (Lipinski definition) is 3. The molecule has 0 aliphatic heterocycles. The normalized spacial score (nSPS) is 10.6. The zero-order chi connectivity index (χ0) is 15.1. The first-order valence-electron chi connectivity index (χ1n) is 6.58. The van der Waals surface area contributed by atoms with E-state index in [0.29, 0.717) is 13.1 Å². The third kappa shape index (κ3) is 5.84. The Morgan fingerprint density at radius 1 is 1.10 bits per heavy atom. The maximum atomic E-state index is 12.2. The zero-order valence-electron chi connectivity index (χ0n) is 12.3. The van der Waals surface area contributed by atoms with Crippen molar-refractivity contribution < 1.29 is 14.7 Å². The molecule has 1 rings (SSSR count). The van der Waals surface area contributed by atoms with Crippen LogP contribution in [0.2, 0.25) is 0 Å². The van der Waals surface area contributed by atoms with Gasteiger partial charge in [0, 0.05) is 13.1 Å². The molecule has 0 heterocycles. The summed E-state index contributed by atoms with van der Waals surface area (Å²) in [5.41, 5.74) is 2.04. The topological polar surface area (TPSA) is 60.9 Å². The molecule has 1 N–H and O–H groups in total. The smallest absolute Gasteiger partial charge is 0.323 e. The Morgan fingerprint density at radius 2 is 1.70 bits per heavy atom. The van der Waals surface area contributed by atoms with Crippen LogP contribution in [-0.4, -0.2) is 60.5 Å². The van der Waals surface area contributed by atoms with Crippen LogP contribution in [0.3, 0.4) is 0 Å². The van der Waals surface area contributed by atoms with Gasteiger partial charge in [-0.2, -0.15) is 0 Å². The van der Waals surface area contributed by atoms with Crippen molar-refractivity contribution >= 4 is 11.9 Å². The molecule has 0 aliphatic carbocycles. The molecule has 5 nitrogen and oxygen atoms in total. The molecule has 0 aliphatic rings. The summed E-state index contributed by atoms with van der Waals surface area (Å²) >= 11 is 0. The van der Waals surface area contributed by atoms with Crippen molar-refractivity contribution in [2.24, 2.45) is 0 Å². The lowest BCUT2D eigenvalue weighted by molar-refractivity contribution is -0.144. The van der Waals surface area contributed by atoms with Gasteiger partial charge in [-0.25, -0.2) is 0 Å². The summed E-state index contributed by atoms with van der Waals surface area (Å²) in [5, 5.41) is 8.89. The molecule has 0 saturated carbocycles. The minimum absolute atomic E-state index is 0.155. The Morgan fingerprint density at radius 3 is 2.20 bits per heavy atom. The number of carbonyl (C=O) groups excluding carboxylic acids is 1. The standard InChI is InChI=1S/C15H22N2O3/c1-12-4-6-13(7-5-12)10-14(18)17(11-15(19)20)9-8-16(2)3/h4-7H,8-11H2,1-3H3,(H,19,20). The number of rotatable bonds is 7. The van der Waals surface area contributed by atoms with E-state index in [1.165, 1.54) is 4.90 Å². The van der Waals surface area contributed by atoms with Gasteiger partial charge in [-0.15, -0.1) is 0 Å². The molecule has 0 aromatic heterocycles. The molecule has 0 unspecified atom stereocenters. The molecule has 5 heteroatoms. The van der Waals surface area contributed by atoms with Gasteiger partial charge >= 0.3 is 5.97 Å². The maximum absolute atomic E-state index is 12.2. The van der Waals surface area contributed by atoms with E-state index in [-0.39, 0.29) is 18.9 Å². The summed E-state index contributed by atoms with van der Waals surface area (Å²) in [6.07, 6.45) is 0.237. The maximum Gasteiger partial charge on any atom is 0.323 e. The van der Waals surface area contributed by atoms with E-state index in [1.807, 2.05) is 50.2 Å². The van der Waals surface area contributed by atoms with Crippen LogP contribution < -0.4 is 0 Å². The van der Waals surface area contributed by atoms with E-state index in [9.17, 15) is 9.59 Å². The lowest BCUT2D eigenvalue weighted by Crippen LogP contribution is -2.40. The number of benzene rings is 1. The fraction of sp³-hybridized carbons (Fsp3) is 0.467. The predicted octanol–water partition coefficient (Wildman–Crippen LogP) is 1.01. The lowest BCUT2D eigenvalue weighted by atomic mass is 10.1. The second-order valence-corrected chi connectivity index (χ2v) is 5.17. The lowest BCUT2D eigenvalue weighted by Gasteiger charge is -2.22. The zero-order valence-corrected chi connectivity index (χ0v) is 12.3. The highest BCUT2D eigenvalue weighted by atomic mass is 16.4. The number of carboxylic acid groups (broad SMARTS) is 1. The number of carboxylic acids is 1. The molecule has 0 radical (unpaired) electrons. The number of likely N-dealkylation sites (N-methyl/N-ethyl adjacent to an activating group) is 1. The van der Waals surface area contributed by atoms with Gasteiger partial charge in [0.1, 0.15) is 6.54 Å². The first kappa shape index (κ1) is 16.2. The summed E-state index contributed by atoms with van der Waals surface area (Å²) in [6, 6.07) is 7.70. The van der Waals surface area contributed by atoms with Crippen LogP contribution in [0.4, 0.5) is 0 Å². The van der Waals surface area contributed by atoms with Crippen LogP contribution in [0, 0.1) is 6.92 Å². The molecule has 0 atom stereocenters. The van der Waals surface area contributed by atoms with Crippen molar-refractivity contribution in [2.75, 3.05) is 33.7 Å². The molecule has 0 bridgehead atoms. The average Bonchev–Trinajstić information content (AvgIpc) is 2.36. The third-order valence-corrected chi connectivity index (χ3v) is 2.97. The van der Waals surface area contributed by atoms with Gasteiger partial charge in [-0.1, -0.05) is 29.8 Å². The Hall–Kier alpha value is -1.88. The first-order valence-corrected chi connectivity index (χ1v) is 6.58. The van der Waals surface area contributed by atoms with Gasteiger partial charge in [-0.05, 0) is 26.6 Å². The Kier molecular flexibility index (Phi) is 6.18. The quantitative estimate of drug-likeness (QED) is 0.808. The Bertz CT molecular complexity index is 455. The van der Waals surface area contributed by atoms with E-state index in [0.717, 1.165) is 11.1 Å². The molecule has 1 aromatic rings. The van der Waals surface area contributed by atoms with Crippen LogP contribution in [0.15, 0.2) is 24.3 Å². The molecular weight excluding hydrogens is 256 g/mol. The second-order valence-electron chi connectivity index (χ2n) is 5.17. The van der Waals surface area contributed by atoms with Gasteiger partial charge in [0.25, 0.3) is 0 Å². The van der Waals surface area contributed by atoms with E-state index in [1.54, 1.807) is 0 Å². The summed E-state index contributed by atoms with van der Waals surface area (Å²) < 4.78 is 0. The van der Waals surface area contributed by atoms with Crippen molar-refractivity contribution in [3.63, 3.8) is 0 Å². The number of amides is 1. The van der Waals surface area contributed by atoms with Crippen LogP contribution in [-0.2, 0) is 16.0 Å². The highest BCUT2D eigenvalue weighted by Gasteiger charge is 2.17. The minimum Gasteiger partial charge on any atom is -0.480 e. The van der Waals surface area contributed by atoms with Crippen LogP contribution >= 0.6 is 0 Å². The summed E-state index contributed by atoms with van der Waals surface area (Å²) in [6.45, 7) is 2.80. The monoisotopic (exact) mass is 278 g/mol. The molecule has 110 valence electrons. The number of aryl methyl sites for hydroxylation is 1. The molecule has 1 amide bonds. The summed E-state index contributed by atoms with van der Waals surface area (Å²) in [7, 11) is 3.78. The van der Waals surface area contributed by atoms with E-state index >= 15 is 0 Å². The van der Waals surface area contributed by atoms with Crippen molar-refractivity contribution in [1.29, 1.82) is 0 Å². The number of nitrogens with zero attached hydrogens (tertiary/aromatic N) is 2. The largest absolute Gasteiger partial charge is 0.480 e. The molecule has 1 aromatic carbocycles.